The van der Waals surface area contributed by atoms with Crippen LogP contribution >= 0.6 is 0 Å². The van der Waals surface area contributed by atoms with Gasteiger partial charge in [0.05, 0.1) is 5.92 Å². The Morgan fingerprint density at radius 1 is 1.71 bits per heavy atom. The summed E-state index contributed by atoms with van der Waals surface area (Å²) in [7, 11) is 1.97. The fraction of sp³-hybridized carbons (Fsp3) is 0.667. The molecule has 0 radical (unpaired) electrons. The Morgan fingerprint density at radius 2 is 2.53 bits per heavy atom. The average Bonchev–Trinajstić information content (AvgIpc) is 2.88. The Hall–Kier alpha value is -1.36. The van der Waals surface area contributed by atoms with E-state index in [4.69, 9.17) is 0 Å². The van der Waals surface area contributed by atoms with Gasteiger partial charge >= 0.3 is 0 Å². The van der Waals surface area contributed by atoms with E-state index < -0.39 is 0 Å². The van der Waals surface area contributed by atoms with Gasteiger partial charge in [-0.15, -0.1) is 0 Å². The third kappa shape index (κ3) is 2.85. The van der Waals surface area contributed by atoms with Gasteiger partial charge < -0.3 is 15.2 Å². The first-order valence-corrected chi connectivity index (χ1v) is 6.16. The molecule has 5 heteroatoms. The molecule has 0 saturated carbocycles. The quantitative estimate of drug-likeness (QED) is 0.778. The lowest BCUT2D eigenvalue weighted by atomic mass is 10.0. The molecule has 5 nitrogen and oxygen atoms in total. The van der Waals surface area contributed by atoms with Crippen molar-refractivity contribution in [3.8, 4) is 0 Å². The van der Waals surface area contributed by atoms with Gasteiger partial charge in [-0.05, 0) is 19.9 Å². The smallest absolute Gasteiger partial charge is 0.224 e. The number of rotatable bonds is 4. The van der Waals surface area contributed by atoms with Crippen LogP contribution in [-0.2, 0) is 18.3 Å². The van der Waals surface area contributed by atoms with Crippen molar-refractivity contribution >= 4 is 5.91 Å². The lowest BCUT2D eigenvalue weighted by Gasteiger charge is -2.14. The first-order valence-electron chi connectivity index (χ1n) is 6.16. The van der Waals surface area contributed by atoms with Crippen LogP contribution in [0, 0.1) is 5.92 Å². The van der Waals surface area contributed by atoms with E-state index in [9.17, 15) is 4.79 Å². The van der Waals surface area contributed by atoms with Crippen LogP contribution in [0.4, 0.5) is 0 Å². The van der Waals surface area contributed by atoms with Gasteiger partial charge in [0.15, 0.2) is 0 Å². The highest BCUT2D eigenvalue weighted by Crippen LogP contribution is 2.14. The average molecular weight is 236 g/mol. The van der Waals surface area contributed by atoms with E-state index in [1.165, 1.54) is 0 Å². The number of imidazole rings is 1. The summed E-state index contributed by atoms with van der Waals surface area (Å²) in [5.74, 6) is 1.29. The monoisotopic (exact) mass is 236 g/mol. The Balaban J connectivity index is 1.75. The van der Waals surface area contributed by atoms with E-state index in [-0.39, 0.29) is 11.8 Å². The molecular formula is C12H20N4O. The maximum atomic E-state index is 11.9. The predicted octanol–water partition coefficient (Wildman–Crippen LogP) is 0.0768. The van der Waals surface area contributed by atoms with Gasteiger partial charge in [0.1, 0.15) is 5.82 Å². The fourth-order valence-corrected chi connectivity index (χ4v) is 2.28. The number of aryl methyl sites for hydroxylation is 1. The largest absolute Gasteiger partial charge is 0.355 e. The normalized spacial score (nSPS) is 23.9. The molecule has 2 N–H and O–H groups in total. The molecular weight excluding hydrogens is 216 g/mol. The van der Waals surface area contributed by atoms with Crippen molar-refractivity contribution in [3.05, 3.63) is 18.2 Å². The summed E-state index contributed by atoms with van der Waals surface area (Å²) in [6.45, 7) is 3.67. The van der Waals surface area contributed by atoms with E-state index in [0.717, 1.165) is 25.2 Å². The first kappa shape index (κ1) is 12.1. The van der Waals surface area contributed by atoms with Crippen molar-refractivity contribution in [1.82, 2.24) is 20.2 Å². The van der Waals surface area contributed by atoms with Crippen LogP contribution in [0.25, 0.3) is 0 Å². The zero-order valence-corrected chi connectivity index (χ0v) is 10.4. The maximum absolute atomic E-state index is 11.9. The molecule has 1 amide bonds. The molecule has 1 saturated heterocycles. The molecule has 2 heterocycles. The van der Waals surface area contributed by atoms with Crippen LogP contribution in [0.2, 0.25) is 0 Å². The van der Waals surface area contributed by atoms with E-state index in [0.29, 0.717) is 12.6 Å². The molecule has 0 spiro atoms. The minimum absolute atomic E-state index is 0.122. The molecule has 2 rings (SSSR count). The molecule has 1 aliphatic heterocycles. The van der Waals surface area contributed by atoms with Crippen molar-refractivity contribution in [2.24, 2.45) is 13.0 Å². The third-order valence-corrected chi connectivity index (χ3v) is 3.43. The van der Waals surface area contributed by atoms with Crippen LogP contribution in [-0.4, -0.2) is 34.6 Å². The van der Waals surface area contributed by atoms with E-state index in [2.05, 4.69) is 22.5 Å². The van der Waals surface area contributed by atoms with Crippen LogP contribution in [0.15, 0.2) is 12.4 Å². The highest BCUT2D eigenvalue weighted by atomic mass is 16.1. The molecule has 0 aliphatic carbocycles. The predicted molar refractivity (Wildman–Crippen MR) is 65.5 cm³/mol. The highest BCUT2D eigenvalue weighted by molar-refractivity contribution is 5.79. The van der Waals surface area contributed by atoms with E-state index in [1.54, 1.807) is 6.20 Å². The zero-order chi connectivity index (χ0) is 12.3. The highest BCUT2D eigenvalue weighted by Gasteiger charge is 2.28. The summed E-state index contributed by atoms with van der Waals surface area (Å²) >= 11 is 0. The van der Waals surface area contributed by atoms with Crippen LogP contribution in [0.3, 0.4) is 0 Å². The van der Waals surface area contributed by atoms with E-state index >= 15 is 0 Å². The number of hydrogen-bond donors (Lipinski definition) is 2. The number of carbonyl (C=O) groups is 1. The molecule has 1 aromatic rings. The lowest BCUT2D eigenvalue weighted by molar-refractivity contribution is -0.125. The lowest BCUT2D eigenvalue weighted by Crippen LogP contribution is -2.37. The van der Waals surface area contributed by atoms with E-state index in [1.807, 2.05) is 17.8 Å². The van der Waals surface area contributed by atoms with Crippen molar-refractivity contribution in [1.29, 1.82) is 0 Å². The van der Waals surface area contributed by atoms with Crippen LogP contribution in [0.1, 0.15) is 19.2 Å². The standard InChI is InChI=1S/C12H20N4O/c1-9-10(3-5-13-9)12(17)15-6-4-11-14-7-8-16(11)2/h7-10,13H,3-6H2,1-2H3,(H,15,17). The molecule has 2 unspecified atom stereocenters. The summed E-state index contributed by atoms with van der Waals surface area (Å²) < 4.78 is 1.98. The van der Waals surface area contributed by atoms with Crippen LogP contribution in [0.5, 0.6) is 0 Å². The van der Waals surface area contributed by atoms with Gasteiger partial charge in [0.2, 0.25) is 5.91 Å². The Bertz CT molecular complexity index is 388. The molecule has 2 atom stereocenters. The number of amides is 1. The van der Waals surface area contributed by atoms with Crippen LogP contribution < -0.4 is 10.6 Å². The van der Waals surface area contributed by atoms with Crippen molar-refractivity contribution < 1.29 is 4.79 Å². The fourth-order valence-electron chi connectivity index (χ4n) is 2.28. The Labute approximate surface area is 102 Å². The Morgan fingerprint density at radius 3 is 3.12 bits per heavy atom. The number of aromatic nitrogens is 2. The SMILES string of the molecule is CC1NCCC1C(=O)NCCc1nccn1C. The van der Waals surface area contributed by atoms with Gasteiger partial charge in [0, 0.05) is 38.4 Å². The van der Waals surface area contributed by atoms with Gasteiger partial charge in [-0.3, -0.25) is 4.79 Å². The minimum Gasteiger partial charge on any atom is -0.355 e. The van der Waals surface area contributed by atoms with Crippen molar-refractivity contribution in [2.75, 3.05) is 13.1 Å². The zero-order valence-electron chi connectivity index (χ0n) is 10.4. The number of hydrogen-bond acceptors (Lipinski definition) is 3. The van der Waals surface area contributed by atoms with Gasteiger partial charge in [-0.2, -0.15) is 0 Å². The second-order valence-corrected chi connectivity index (χ2v) is 4.63. The maximum Gasteiger partial charge on any atom is 0.224 e. The molecule has 1 aromatic heterocycles. The molecule has 0 bridgehead atoms. The summed E-state index contributed by atoms with van der Waals surface area (Å²) in [5, 5.41) is 6.27. The molecule has 94 valence electrons. The van der Waals surface area contributed by atoms with Crippen molar-refractivity contribution in [2.45, 2.75) is 25.8 Å². The van der Waals surface area contributed by atoms with Gasteiger partial charge in [-0.1, -0.05) is 0 Å². The molecule has 1 fully saturated rings. The number of nitrogens with zero attached hydrogens (tertiary/aromatic N) is 2. The summed E-state index contributed by atoms with van der Waals surface area (Å²) in [5.41, 5.74) is 0. The molecule has 0 aromatic carbocycles. The number of carbonyl (C=O) groups excluding carboxylic acids is 1. The van der Waals surface area contributed by atoms with Gasteiger partial charge in [-0.25, -0.2) is 4.98 Å². The molecule has 17 heavy (non-hydrogen) atoms. The summed E-state index contributed by atoms with van der Waals surface area (Å²) in [6, 6.07) is 0.295. The summed E-state index contributed by atoms with van der Waals surface area (Å²) in [4.78, 5) is 16.1. The second-order valence-electron chi connectivity index (χ2n) is 4.63. The van der Waals surface area contributed by atoms with Crippen molar-refractivity contribution in [3.63, 3.8) is 0 Å². The topological polar surface area (TPSA) is 59.0 Å². The minimum atomic E-state index is 0.122. The first-order chi connectivity index (χ1) is 8.18. The summed E-state index contributed by atoms with van der Waals surface area (Å²) in [6.07, 6.45) is 5.42. The van der Waals surface area contributed by atoms with Gasteiger partial charge in [0.25, 0.3) is 0 Å². The second kappa shape index (κ2) is 5.31. The molecule has 1 aliphatic rings. The third-order valence-electron chi connectivity index (χ3n) is 3.43. The number of nitrogens with one attached hydrogen (secondary N) is 2. The Kier molecular flexibility index (Phi) is 3.78.